The maximum atomic E-state index is 12.5. The third kappa shape index (κ3) is 3.80. The normalized spacial score (nSPS) is 18.3. The summed E-state index contributed by atoms with van der Waals surface area (Å²) in [5, 5.41) is 3.46. The number of amides is 2. The fourth-order valence-electron chi connectivity index (χ4n) is 3.03. The van der Waals surface area contributed by atoms with Crippen LogP contribution in [0.1, 0.15) is 24.9 Å². The molecule has 0 aliphatic carbocycles. The lowest BCUT2D eigenvalue weighted by molar-refractivity contribution is -0.129. The predicted molar refractivity (Wildman–Crippen MR) is 99.8 cm³/mol. The standard InChI is InChI=1S/C19H18Cl2N2O2/c1-12(13-6-3-2-4-7-13)23-11-14(10-17(23)24)19(25)22-16-9-5-8-15(20)18(16)21/h2-9,12,14H,10-11H2,1H3,(H,22,25)/t12-,14+/m0/s1. The Hall–Kier alpha value is -2.04. The first-order chi connectivity index (χ1) is 12.0. The SMILES string of the molecule is C[C@@H](c1ccccc1)N1C[C@H](C(=O)Nc2cccc(Cl)c2Cl)CC1=O. The molecule has 1 fully saturated rings. The van der Waals surface area contributed by atoms with Gasteiger partial charge in [0.15, 0.2) is 0 Å². The minimum atomic E-state index is -0.409. The Morgan fingerprint density at radius 3 is 2.60 bits per heavy atom. The number of anilines is 1. The minimum Gasteiger partial charge on any atom is -0.335 e. The van der Waals surface area contributed by atoms with E-state index in [2.05, 4.69) is 5.32 Å². The van der Waals surface area contributed by atoms with Gasteiger partial charge in [-0.1, -0.05) is 59.6 Å². The van der Waals surface area contributed by atoms with Gasteiger partial charge in [0.05, 0.1) is 27.7 Å². The van der Waals surface area contributed by atoms with E-state index in [1.165, 1.54) is 0 Å². The fourth-order valence-corrected chi connectivity index (χ4v) is 3.38. The Bertz CT molecular complexity index is 795. The number of benzene rings is 2. The second-order valence-corrected chi connectivity index (χ2v) is 6.91. The highest BCUT2D eigenvalue weighted by atomic mass is 35.5. The molecular formula is C19H18Cl2N2O2. The molecule has 1 N–H and O–H groups in total. The molecule has 2 amide bonds. The summed E-state index contributed by atoms with van der Waals surface area (Å²) in [4.78, 5) is 26.7. The Kier molecular flexibility index (Phi) is 5.30. The predicted octanol–water partition coefficient (Wildman–Crippen LogP) is 4.54. The molecule has 0 spiro atoms. The molecule has 0 saturated carbocycles. The number of halogens is 2. The van der Waals surface area contributed by atoms with Gasteiger partial charge in [0.25, 0.3) is 0 Å². The molecule has 1 heterocycles. The molecule has 6 heteroatoms. The van der Waals surface area contributed by atoms with Gasteiger partial charge in [0.2, 0.25) is 11.8 Å². The summed E-state index contributed by atoms with van der Waals surface area (Å²) in [5.41, 5.74) is 1.51. The van der Waals surface area contributed by atoms with E-state index in [-0.39, 0.29) is 24.3 Å². The summed E-state index contributed by atoms with van der Waals surface area (Å²) < 4.78 is 0. The summed E-state index contributed by atoms with van der Waals surface area (Å²) in [6.07, 6.45) is 0.196. The van der Waals surface area contributed by atoms with Crippen LogP contribution in [-0.4, -0.2) is 23.3 Å². The highest BCUT2D eigenvalue weighted by molar-refractivity contribution is 6.44. The van der Waals surface area contributed by atoms with Crippen molar-refractivity contribution in [2.45, 2.75) is 19.4 Å². The van der Waals surface area contributed by atoms with Crippen LogP contribution < -0.4 is 5.32 Å². The summed E-state index contributed by atoms with van der Waals surface area (Å²) in [6.45, 7) is 2.36. The number of hydrogen-bond donors (Lipinski definition) is 1. The van der Waals surface area contributed by atoms with Crippen molar-refractivity contribution in [3.8, 4) is 0 Å². The van der Waals surface area contributed by atoms with Crippen molar-refractivity contribution in [1.29, 1.82) is 0 Å². The van der Waals surface area contributed by atoms with Crippen LogP contribution in [0.5, 0.6) is 0 Å². The van der Waals surface area contributed by atoms with Gasteiger partial charge in [0.1, 0.15) is 0 Å². The van der Waals surface area contributed by atoms with Crippen LogP contribution in [0, 0.1) is 5.92 Å². The smallest absolute Gasteiger partial charge is 0.229 e. The topological polar surface area (TPSA) is 49.4 Å². The monoisotopic (exact) mass is 376 g/mol. The molecule has 0 unspecified atom stereocenters. The van der Waals surface area contributed by atoms with Crippen molar-refractivity contribution in [3.05, 3.63) is 64.1 Å². The van der Waals surface area contributed by atoms with Crippen LogP contribution in [0.3, 0.4) is 0 Å². The molecule has 2 aromatic carbocycles. The van der Waals surface area contributed by atoms with E-state index in [1.807, 2.05) is 37.3 Å². The largest absolute Gasteiger partial charge is 0.335 e. The van der Waals surface area contributed by atoms with Crippen molar-refractivity contribution in [3.63, 3.8) is 0 Å². The summed E-state index contributed by atoms with van der Waals surface area (Å²) in [7, 11) is 0. The van der Waals surface area contributed by atoms with E-state index >= 15 is 0 Å². The Labute approximate surface area is 156 Å². The van der Waals surface area contributed by atoms with Gasteiger partial charge >= 0.3 is 0 Å². The molecule has 130 valence electrons. The fraction of sp³-hybridized carbons (Fsp3) is 0.263. The van der Waals surface area contributed by atoms with Crippen LogP contribution in [0.15, 0.2) is 48.5 Å². The Morgan fingerprint density at radius 1 is 1.16 bits per heavy atom. The van der Waals surface area contributed by atoms with Gasteiger partial charge in [-0.15, -0.1) is 0 Å². The molecule has 1 saturated heterocycles. The third-order valence-electron chi connectivity index (χ3n) is 4.49. The molecule has 1 aliphatic rings. The molecule has 3 rings (SSSR count). The highest BCUT2D eigenvalue weighted by Gasteiger charge is 2.37. The van der Waals surface area contributed by atoms with Gasteiger partial charge in [0, 0.05) is 13.0 Å². The van der Waals surface area contributed by atoms with Crippen LogP contribution in [0.2, 0.25) is 10.0 Å². The minimum absolute atomic E-state index is 0.0197. The zero-order valence-corrected chi connectivity index (χ0v) is 15.2. The number of hydrogen-bond acceptors (Lipinski definition) is 2. The lowest BCUT2D eigenvalue weighted by Crippen LogP contribution is -2.30. The summed E-state index contributed by atoms with van der Waals surface area (Å²) in [6, 6.07) is 14.8. The summed E-state index contributed by atoms with van der Waals surface area (Å²) >= 11 is 12.1. The van der Waals surface area contributed by atoms with Crippen molar-refractivity contribution < 1.29 is 9.59 Å². The van der Waals surface area contributed by atoms with E-state index in [4.69, 9.17) is 23.2 Å². The average molecular weight is 377 g/mol. The molecule has 25 heavy (non-hydrogen) atoms. The number of nitrogens with zero attached hydrogens (tertiary/aromatic N) is 1. The van der Waals surface area contributed by atoms with Crippen molar-refractivity contribution >= 4 is 40.7 Å². The molecule has 0 aromatic heterocycles. The third-order valence-corrected chi connectivity index (χ3v) is 5.31. The number of carbonyl (C=O) groups excluding carboxylic acids is 2. The molecule has 2 aromatic rings. The van der Waals surface area contributed by atoms with E-state index in [0.717, 1.165) is 5.56 Å². The maximum Gasteiger partial charge on any atom is 0.229 e. The van der Waals surface area contributed by atoms with Gasteiger partial charge in [-0.25, -0.2) is 0 Å². The molecule has 1 aliphatic heterocycles. The maximum absolute atomic E-state index is 12.5. The molecule has 4 nitrogen and oxygen atoms in total. The average Bonchev–Trinajstić information content (AvgIpc) is 3.01. The first kappa shape index (κ1) is 17.8. The first-order valence-electron chi connectivity index (χ1n) is 8.06. The van der Waals surface area contributed by atoms with E-state index < -0.39 is 5.92 Å². The van der Waals surface area contributed by atoms with E-state index in [0.29, 0.717) is 22.3 Å². The zero-order valence-electron chi connectivity index (χ0n) is 13.7. The Morgan fingerprint density at radius 2 is 1.88 bits per heavy atom. The van der Waals surface area contributed by atoms with Crippen LogP contribution in [0.4, 0.5) is 5.69 Å². The quantitative estimate of drug-likeness (QED) is 0.851. The number of rotatable bonds is 4. The number of nitrogens with one attached hydrogen (secondary N) is 1. The van der Waals surface area contributed by atoms with Gasteiger partial charge < -0.3 is 10.2 Å². The van der Waals surface area contributed by atoms with Crippen LogP contribution in [-0.2, 0) is 9.59 Å². The lowest BCUT2D eigenvalue weighted by Gasteiger charge is -2.25. The molecule has 0 bridgehead atoms. The van der Waals surface area contributed by atoms with Crippen molar-refractivity contribution in [2.75, 3.05) is 11.9 Å². The van der Waals surface area contributed by atoms with Gasteiger partial charge in [-0.3, -0.25) is 9.59 Å². The van der Waals surface area contributed by atoms with Gasteiger partial charge in [-0.2, -0.15) is 0 Å². The second-order valence-electron chi connectivity index (χ2n) is 6.12. The van der Waals surface area contributed by atoms with Gasteiger partial charge in [-0.05, 0) is 24.6 Å². The first-order valence-corrected chi connectivity index (χ1v) is 8.82. The van der Waals surface area contributed by atoms with Crippen LogP contribution >= 0.6 is 23.2 Å². The molecular weight excluding hydrogens is 359 g/mol. The highest BCUT2D eigenvalue weighted by Crippen LogP contribution is 2.32. The molecule has 0 radical (unpaired) electrons. The van der Waals surface area contributed by atoms with E-state index in [1.54, 1.807) is 23.1 Å². The lowest BCUT2D eigenvalue weighted by atomic mass is 10.1. The number of likely N-dealkylation sites (tertiary alicyclic amines) is 1. The van der Waals surface area contributed by atoms with Crippen molar-refractivity contribution in [1.82, 2.24) is 4.90 Å². The number of carbonyl (C=O) groups is 2. The van der Waals surface area contributed by atoms with Crippen LogP contribution in [0.25, 0.3) is 0 Å². The summed E-state index contributed by atoms with van der Waals surface area (Å²) in [5.74, 6) is -0.650. The van der Waals surface area contributed by atoms with E-state index in [9.17, 15) is 9.59 Å². The van der Waals surface area contributed by atoms with Crippen molar-refractivity contribution in [2.24, 2.45) is 5.92 Å². The Balaban J connectivity index is 1.69. The second kappa shape index (κ2) is 7.46. The molecule has 2 atom stereocenters. The zero-order chi connectivity index (χ0) is 18.0.